The zero-order chi connectivity index (χ0) is 13.1. The Bertz CT molecular complexity index is 564. The number of benzene rings is 1. The number of hydrogen-bond acceptors (Lipinski definition) is 3. The Morgan fingerprint density at radius 2 is 1.89 bits per heavy atom. The SMILES string of the molecule is COc1ccc(-c2ccncc2CN)c(C)c1C. The highest BCUT2D eigenvalue weighted by Gasteiger charge is 2.10. The molecule has 0 radical (unpaired) electrons. The van der Waals surface area contributed by atoms with Gasteiger partial charge in [-0.1, -0.05) is 6.07 Å². The minimum Gasteiger partial charge on any atom is -0.496 e. The van der Waals surface area contributed by atoms with Gasteiger partial charge >= 0.3 is 0 Å². The Hall–Kier alpha value is -1.87. The first-order valence-corrected chi connectivity index (χ1v) is 5.96. The standard InChI is InChI=1S/C15H18N2O/c1-10-11(2)15(18-3)5-4-13(10)14-6-7-17-9-12(14)8-16/h4-7,9H,8,16H2,1-3H3. The first-order valence-electron chi connectivity index (χ1n) is 5.96. The van der Waals surface area contributed by atoms with Crippen molar-refractivity contribution in [2.24, 2.45) is 5.73 Å². The molecule has 0 unspecified atom stereocenters. The van der Waals surface area contributed by atoms with Gasteiger partial charge in [-0.25, -0.2) is 0 Å². The van der Waals surface area contributed by atoms with Gasteiger partial charge in [-0.2, -0.15) is 0 Å². The summed E-state index contributed by atoms with van der Waals surface area (Å²) >= 11 is 0. The molecule has 2 aromatic rings. The molecule has 0 saturated carbocycles. The van der Waals surface area contributed by atoms with Crippen LogP contribution in [0.2, 0.25) is 0 Å². The lowest BCUT2D eigenvalue weighted by Crippen LogP contribution is -2.01. The molecule has 0 fully saturated rings. The van der Waals surface area contributed by atoms with Crippen molar-refractivity contribution in [1.82, 2.24) is 4.98 Å². The van der Waals surface area contributed by atoms with E-state index in [0.717, 1.165) is 22.4 Å². The molecule has 0 aliphatic carbocycles. The zero-order valence-corrected chi connectivity index (χ0v) is 11.0. The molecule has 1 aromatic heterocycles. The van der Waals surface area contributed by atoms with Crippen LogP contribution >= 0.6 is 0 Å². The predicted molar refractivity (Wildman–Crippen MR) is 73.6 cm³/mol. The van der Waals surface area contributed by atoms with Gasteiger partial charge in [0, 0.05) is 18.9 Å². The number of ether oxygens (including phenoxy) is 1. The van der Waals surface area contributed by atoms with Crippen molar-refractivity contribution in [3.05, 3.63) is 47.3 Å². The second-order valence-electron chi connectivity index (χ2n) is 4.30. The van der Waals surface area contributed by atoms with Gasteiger partial charge < -0.3 is 10.5 Å². The molecule has 1 aromatic carbocycles. The van der Waals surface area contributed by atoms with E-state index < -0.39 is 0 Å². The maximum atomic E-state index is 5.77. The average molecular weight is 242 g/mol. The van der Waals surface area contributed by atoms with E-state index in [0.29, 0.717) is 6.54 Å². The van der Waals surface area contributed by atoms with Crippen molar-refractivity contribution in [2.45, 2.75) is 20.4 Å². The van der Waals surface area contributed by atoms with Crippen molar-refractivity contribution in [3.63, 3.8) is 0 Å². The van der Waals surface area contributed by atoms with Crippen LogP contribution in [0.15, 0.2) is 30.6 Å². The predicted octanol–water partition coefficient (Wildman–Crippen LogP) is 2.83. The first-order chi connectivity index (χ1) is 8.69. The number of hydrogen-bond donors (Lipinski definition) is 1. The molecular formula is C15H18N2O. The third-order valence-electron chi connectivity index (χ3n) is 3.37. The Labute approximate surface area is 108 Å². The molecule has 18 heavy (non-hydrogen) atoms. The van der Waals surface area contributed by atoms with Crippen LogP contribution in [0.1, 0.15) is 16.7 Å². The monoisotopic (exact) mass is 242 g/mol. The fourth-order valence-corrected chi connectivity index (χ4v) is 2.16. The molecule has 2 N–H and O–H groups in total. The third kappa shape index (κ3) is 2.09. The molecule has 0 aliphatic heterocycles. The summed E-state index contributed by atoms with van der Waals surface area (Å²) in [5, 5.41) is 0. The first kappa shape index (κ1) is 12.6. The van der Waals surface area contributed by atoms with Gasteiger partial charge in [0.1, 0.15) is 5.75 Å². The van der Waals surface area contributed by atoms with Crippen molar-refractivity contribution in [3.8, 4) is 16.9 Å². The fourth-order valence-electron chi connectivity index (χ4n) is 2.16. The molecule has 3 heteroatoms. The van der Waals surface area contributed by atoms with Crippen LogP contribution in [0.3, 0.4) is 0 Å². The van der Waals surface area contributed by atoms with E-state index in [1.54, 1.807) is 13.3 Å². The lowest BCUT2D eigenvalue weighted by molar-refractivity contribution is 0.411. The topological polar surface area (TPSA) is 48.1 Å². The number of methoxy groups -OCH3 is 1. The number of nitrogens with two attached hydrogens (primary N) is 1. The van der Waals surface area contributed by atoms with Gasteiger partial charge in [-0.15, -0.1) is 0 Å². The van der Waals surface area contributed by atoms with Crippen LogP contribution in [-0.4, -0.2) is 12.1 Å². The normalized spacial score (nSPS) is 10.4. The molecule has 0 bridgehead atoms. The molecule has 1 heterocycles. The molecule has 0 aliphatic rings. The van der Waals surface area contributed by atoms with Gasteiger partial charge in [0.15, 0.2) is 0 Å². The third-order valence-corrected chi connectivity index (χ3v) is 3.37. The largest absolute Gasteiger partial charge is 0.496 e. The summed E-state index contributed by atoms with van der Waals surface area (Å²) in [7, 11) is 1.69. The van der Waals surface area contributed by atoms with Crippen molar-refractivity contribution in [1.29, 1.82) is 0 Å². The minimum atomic E-state index is 0.494. The Morgan fingerprint density at radius 1 is 1.11 bits per heavy atom. The average Bonchev–Trinajstić information content (AvgIpc) is 2.42. The summed E-state index contributed by atoms with van der Waals surface area (Å²) in [6, 6.07) is 6.09. The van der Waals surface area contributed by atoms with Crippen LogP contribution in [0.5, 0.6) is 5.75 Å². The number of nitrogens with zero attached hydrogens (tertiary/aromatic N) is 1. The summed E-state index contributed by atoms with van der Waals surface area (Å²) in [5.74, 6) is 0.916. The summed E-state index contributed by atoms with van der Waals surface area (Å²) in [4.78, 5) is 4.12. The summed E-state index contributed by atoms with van der Waals surface area (Å²) in [6.45, 7) is 4.67. The Kier molecular flexibility index (Phi) is 3.63. The lowest BCUT2D eigenvalue weighted by Gasteiger charge is -2.14. The van der Waals surface area contributed by atoms with Crippen LogP contribution < -0.4 is 10.5 Å². The van der Waals surface area contributed by atoms with Crippen molar-refractivity contribution < 1.29 is 4.74 Å². The molecule has 2 rings (SSSR count). The van der Waals surface area contributed by atoms with Gasteiger partial charge in [0.2, 0.25) is 0 Å². The number of aromatic nitrogens is 1. The van der Waals surface area contributed by atoms with E-state index >= 15 is 0 Å². The van der Waals surface area contributed by atoms with Crippen LogP contribution in [-0.2, 0) is 6.54 Å². The maximum Gasteiger partial charge on any atom is 0.122 e. The highest BCUT2D eigenvalue weighted by molar-refractivity contribution is 5.72. The molecule has 0 saturated heterocycles. The van der Waals surface area contributed by atoms with Crippen LogP contribution in [0.25, 0.3) is 11.1 Å². The van der Waals surface area contributed by atoms with Crippen LogP contribution in [0, 0.1) is 13.8 Å². The summed E-state index contributed by atoms with van der Waals surface area (Å²) in [6.07, 6.45) is 3.63. The molecule has 0 amide bonds. The highest BCUT2D eigenvalue weighted by atomic mass is 16.5. The van der Waals surface area contributed by atoms with E-state index in [4.69, 9.17) is 10.5 Å². The molecular weight excluding hydrogens is 224 g/mol. The number of pyridine rings is 1. The van der Waals surface area contributed by atoms with Gasteiger partial charge in [-0.05, 0) is 53.8 Å². The molecule has 3 nitrogen and oxygen atoms in total. The van der Waals surface area contributed by atoms with Gasteiger partial charge in [-0.3, -0.25) is 4.98 Å². The lowest BCUT2D eigenvalue weighted by atomic mass is 9.94. The van der Waals surface area contributed by atoms with Gasteiger partial charge in [0.05, 0.1) is 7.11 Å². The molecule has 0 atom stereocenters. The van der Waals surface area contributed by atoms with Crippen molar-refractivity contribution in [2.75, 3.05) is 7.11 Å². The van der Waals surface area contributed by atoms with E-state index in [2.05, 4.69) is 24.9 Å². The van der Waals surface area contributed by atoms with E-state index in [9.17, 15) is 0 Å². The highest BCUT2D eigenvalue weighted by Crippen LogP contribution is 2.32. The smallest absolute Gasteiger partial charge is 0.122 e. The summed E-state index contributed by atoms with van der Waals surface area (Å²) in [5.41, 5.74) is 11.5. The second kappa shape index (κ2) is 5.19. The van der Waals surface area contributed by atoms with E-state index in [-0.39, 0.29) is 0 Å². The Morgan fingerprint density at radius 3 is 2.56 bits per heavy atom. The zero-order valence-electron chi connectivity index (χ0n) is 11.0. The Balaban J connectivity index is 2.61. The maximum absolute atomic E-state index is 5.77. The quantitative estimate of drug-likeness (QED) is 0.900. The second-order valence-corrected chi connectivity index (χ2v) is 4.30. The van der Waals surface area contributed by atoms with E-state index in [1.165, 1.54) is 11.1 Å². The minimum absolute atomic E-state index is 0.494. The van der Waals surface area contributed by atoms with Gasteiger partial charge in [0.25, 0.3) is 0 Å². The fraction of sp³-hybridized carbons (Fsp3) is 0.267. The number of rotatable bonds is 3. The van der Waals surface area contributed by atoms with Crippen LogP contribution in [0.4, 0.5) is 0 Å². The summed E-state index contributed by atoms with van der Waals surface area (Å²) < 4.78 is 5.34. The van der Waals surface area contributed by atoms with E-state index in [1.807, 2.05) is 18.3 Å². The molecule has 0 spiro atoms. The molecule has 94 valence electrons. The van der Waals surface area contributed by atoms with Crippen molar-refractivity contribution >= 4 is 0 Å².